The van der Waals surface area contributed by atoms with Gasteiger partial charge in [0.05, 0.1) is 0 Å². The summed E-state index contributed by atoms with van der Waals surface area (Å²) >= 11 is 0. The first-order valence-electron chi connectivity index (χ1n) is 14.0. The van der Waals surface area contributed by atoms with Gasteiger partial charge in [0.15, 0.2) is 0 Å². The molecular formula is C30H49N3O4. The summed E-state index contributed by atoms with van der Waals surface area (Å²) in [5, 5.41) is 6.07. The van der Waals surface area contributed by atoms with Gasteiger partial charge in [-0.2, -0.15) is 0 Å². The number of carbonyl (C=O) groups is 3. The van der Waals surface area contributed by atoms with Crippen LogP contribution in [0, 0.1) is 12.8 Å². The fourth-order valence-corrected chi connectivity index (χ4v) is 4.83. The Morgan fingerprint density at radius 2 is 1.62 bits per heavy atom. The van der Waals surface area contributed by atoms with Crippen molar-refractivity contribution in [3.05, 3.63) is 35.4 Å². The van der Waals surface area contributed by atoms with E-state index in [1.54, 1.807) is 25.7 Å². The normalized spacial score (nSPS) is 17.0. The third-order valence-corrected chi connectivity index (χ3v) is 6.89. The molecule has 7 nitrogen and oxygen atoms in total. The van der Waals surface area contributed by atoms with Gasteiger partial charge in [-0.25, -0.2) is 4.79 Å². The third kappa shape index (κ3) is 9.67. The molecule has 3 atom stereocenters. The fraction of sp³-hybridized carbons (Fsp3) is 0.700. The van der Waals surface area contributed by atoms with Crippen LogP contribution in [-0.4, -0.2) is 46.5 Å². The Hall–Kier alpha value is -2.57. The van der Waals surface area contributed by atoms with Crippen molar-refractivity contribution in [3.8, 4) is 0 Å². The second-order valence-corrected chi connectivity index (χ2v) is 12.0. The van der Waals surface area contributed by atoms with E-state index in [1.165, 1.54) is 6.42 Å². The zero-order valence-electron chi connectivity index (χ0n) is 24.2. The zero-order chi connectivity index (χ0) is 27.8. The van der Waals surface area contributed by atoms with E-state index >= 15 is 0 Å². The molecule has 0 aliphatic heterocycles. The highest BCUT2D eigenvalue weighted by Crippen LogP contribution is 2.28. The van der Waals surface area contributed by atoms with Crippen molar-refractivity contribution in [1.29, 1.82) is 0 Å². The monoisotopic (exact) mass is 515 g/mol. The fourth-order valence-electron chi connectivity index (χ4n) is 4.83. The molecule has 0 saturated heterocycles. The topological polar surface area (TPSA) is 87.7 Å². The minimum atomic E-state index is -0.806. The Balaban J connectivity index is 2.47. The first kappa shape index (κ1) is 30.7. The predicted molar refractivity (Wildman–Crippen MR) is 148 cm³/mol. The lowest BCUT2D eigenvalue weighted by molar-refractivity contribution is -0.145. The molecule has 1 saturated carbocycles. The maximum Gasteiger partial charge on any atom is 0.408 e. The summed E-state index contributed by atoms with van der Waals surface area (Å²) in [6.07, 6.45) is 5.79. The number of benzene rings is 1. The van der Waals surface area contributed by atoms with Crippen LogP contribution in [0.5, 0.6) is 0 Å². The summed E-state index contributed by atoms with van der Waals surface area (Å²) < 4.78 is 5.47. The van der Waals surface area contributed by atoms with E-state index in [2.05, 4.69) is 10.6 Å². The second-order valence-electron chi connectivity index (χ2n) is 12.0. The summed E-state index contributed by atoms with van der Waals surface area (Å²) in [5.74, 6) is -0.278. The Labute approximate surface area is 224 Å². The maximum atomic E-state index is 14.2. The van der Waals surface area contributed by atoms with Crippen LogP contribution in [0.4, 0.5) is 4.79 Å². The molecule has 0 radical (unpaired) electrons. The van der Waals surface area contributed by atoms with Crippen molar-refractivity contribution in [3.63, 3.8) is 0 Å². The highest BCUT2D eigenvalue weighted by Gasteiger charge is 2.39. The van der Waals surface area contributed by atoms with Crippen LogP contribution < -0.4 is 10.6 Å². The molecule has 1 fully saturated rings. The van der Waals surface area contributed by atoms with Crippen molar-refractivity contribution in [2.75, 3.05) is 0 Å². The van der Waals surface area contributed by atoms with Gasteiger partial charge in [-0.15, -0.1) is 0 Å². The summed E-state index contributed by atoms with van der Waals surface area (Å²) in [5.41, 5.74) is 1.17. The average molecular weight is 516 g/mol. The standard InChI is InChI=1S/C30H49N3O4/c1-9-22(5)33(28(35)25(19-20(2)3)32-29(36)37-30(6,7)8)26(23-17-15-21(4)16-18-23)27(34)31-24-13-11-10-12-14-24/h15-18,20,22,24-26H,9-14,19H2,1-8H3,(H,31,34)(H,32,36). The number of hydrogen-bond donors (Lipinski definition) is 2. The van der Waals surface area contributed by atoms with Crippen LogP contribution in [0.3, 0.4) is 0 Å². The lowest BCUT2D eigenvalue weighted by Crippen LogP contribution is -2.56. The lowest BCUT2D eigenvalue weighted by Gasteiger charge is -2.39. The maximum absolute atomic E-state index is 14.2. The number of alkyl carbamates (subject to hydrolysis) is 1. The van der Waals surface area contributed by atoms with Crippen molar-refractivity contribution in [2.24, 2.45) is 5.92 Å². The van der Waals surface area contributed by atoms with Crippen LogP contribution in [0.1, 0.15) is 111 Å². The van der Waals surface area contributed by atoms with E-state index < -0.39 is 23.8 Å². The number of amides is 3. The van der Waals surface area contributed by atoms with E-state index in [-0.39, 0.29) is 29.8 Å². The molecule has 2 N–H and O–H groups in total. The molecule has 1 aromatic carbocycles. The number of aryl methyl sites for hydroxylation is 1. The van der Waals surface area contributed by atoms with Gasteiger partial charge in [0.1, 0.15) is 17.7 Å². The van der Waals surface area contributed by atoms with Crippen LogP contribution in [-0.2, 0) is 14.3 Å². The van der Waals surface area contributed by atoms with Gasteiger partial charge < -0.3 is 20.3 Å². The van der Waals surface area contributed by atoms with E-state index in [9.17, 15) is 14.4 Å². The number of ether oxygens (including phenoxy) is 1. The van der Waals surface area contributed by atoms with Crippen molar-refractivity contribution < 1.29 is 19.1 Å². The molecule has 1 aromatic rings. The first-order valence-corrected chi connectivity index (χ1v) is 14.0. The van der Waals surface area contributed by atoms with Crippen molar-refractivity contribution in [1.82, 2.24) is 15.5 Å². The summed E-state index contributed by atoms with van der Waals surface area (Å²) in [6.45, 7) is 15.4. The lowest BCUT2D eigenvalue weighted by atomic mass is 9.93. The second kappa shape index (κ2) is 13.8. The number of carbonyl (C=O) groups excluding carboxylic acids is 3. The van der Waals surface area contributed by atoms with Crippen molar-refractivity contribution >= 4 is 17.9 Å². The number of nitrogens with zero attached hydrogens (tertiary/aromatic N) is 1. The quantitative estimate of drug-likeness (QED) is 0.397. The third-order valence-electron chi connectivity index (χ3n) is 6.89. The van der Waals surface area contributed by atoms with E-state index in [0.717, 1.165) is 36.8 Å². The highest BCUT2D eigenvalue weighted by atomic mass is 16.6. The van der Waals surface area contributed by atoms with Crippen LogP contribution in [0.2, 0.25) is 0 Å². The summed E-state index contributed by atoms with van der Waals surface area (Å²) in [7, 11) is 0. The molecule has 0 aromatic heterocycles. The summed E-state index contributed by atoms with van der Waals surface area (Å²) in [6, 6.07) is 6.11. The Bertz CT molecular complexity index is 885. The molecule has 0 spiro atoms. The first-order chi connectivity index (χ1) is 17.3. The molecule has 3 amide bonds. The van der Waals surface area contributed by atoms with Gasteiger partial charge in [-0.1, -0.05) is 69.9 Å². The molecule has 208 valence electrons. The Morgan fingerprint density at radius 1 is 1.03 bits per heavy atom. The van der Waals surface area contributed by atoms with Crippen LogP contribution in [0.25, 0.3) is 0 Å². The molecule has 1 aliphatic carbocycles. The van der Waals surface area contributed by atoms with E-state index in [0.29, 0.717) is 12.8 Å². The van der Waals surface area contributed by atoms with E-state index in [1.807, 2.05) is 58.9 Å². The number of rotatable bonds is 10. The van der Waals surface area contributed by atoms with Gasteiger partial charge >= 0.3 is 6.09 Å². The van der Waals surface area contributed by atoms with E-state index in [4.69, 9.17) is 4.74 Å². The van der Waals surface area contributed by atoms with Crippen molar-refractivity contribution in [2.45, 2.75) is 130 Å². The molecule has 37 heavy (non-hydrogen) atoms. The molecule has 3 unspecified atom stereocenters. The molecule has 0 heterocycles. The van der Waals surface area contributed by atoms with Gasteiger partial charge in [0, 0.05) is 12.1 Å². The Kier molecular flexibility index (Phi) is 11.5. The minimum absolute atomic E-state index is 0.120. The Morgan fingerprint density at radius 3 is 2.14 bits per heavy atom. The number of nitrogens with one attached hydrogen (secondary N) is 2. The molecule has 0 bridgehead atoms. The van der Waals surface area contributed by atoms with Gasteiger partial charge in [-0.05, 0) is 71.8 Å². The zero-order valence-corrected chi connectivity index (χ0v) is 24.2. The summed E-state index contributed by atoms with van der Waals surface area (Å²) in [4.78, 5) is 42.5. The molecular weight excluding hydrogens is 466 g/mol. The van der Waals surface area contributed by atoms with Gasteiger partial charge in [-0.3, -0.25) is 9.59 Å². The van der Waals surface area contributed by atoms with Gasteiger partial charge in [0.2, 0.25) is 11.8 Å². The molecule has 2 rings (SSSR count). The average Bonchev–Trinajstić information content (AvgIpc) is 2.81. The SMILES string of the molecule is CCC(C)N(C(=O)C(CC(C)C)NC(=O)OC(C)(C)C)C(C(=O)NC1CCCCC1)c1ccc(C)cc1. The highest BCUT2D eigenvalue weighted by molar-refractivity contribution is 5.92. The number of hydrogen-bond acceptors (Lipinski definition) is 4. The largest absolute Gasteiger partial charge is 0.444 e. The molecule has 1 aliphatic rings. The van der Waals surface area contributed by atoms with Crippen LogP contribution in [0.15, 0.2) is 24.3 Å². The van der Waals surface area contributed by atoms with Gasteiger partial charge in [0.25, 0.3) is 0 Å². The smallest absolute Gasteiger partial charge is 0.408 e. The molecule has 7 heteroatoms. The predicted octanol–water partition coefficient (Wildman–Crippen LogP) is 6.05. The van der Waals surface area contributed by atoms with Crippen LogP contribution >= 0.6 is 0 Å². The minimum Gasteiger partial charge on any atom is -0.444 e.